The zero-order valence-electron chi connectivity index (χ0n) is 18.7. The number of aliphatic hydroxyl groups is 1. The molecule has 1 unspecified atom stereocenters. The highest BCUT2D eigenvalue weighted by molar-refractivity contribution is 7.15. The van der Waals surface area contributed by atoms with E-state index in [2.05, 4.69) is 15.2 Å². The lowest BCUT2D eigenvalue weighted by Crippen LogP contribution is -2.28. The number of hydrogen-bond donors (Lipinski definition) is 2. The molecule has 6 rings (SSSR count). The van der Waals surface area contributed by atoms with Crippen LogP contribution in [0.3, 0.4) is 0 Å². The Balaban J connectivity index is 1.25. The van der Waals surface area contributed by atoms with Gasteiger partial charge in [0.05, 0.1) is 27.6 Å². The Labute approximate surface area is 216 Å². The number of fused-ring (bicyclic) bond motifs is 1. The Bertz CT molecular complexity index is 1300. The van der Waals surface area contributed by atoms with Gasteiger partial charge in [0.25, 0.3) is 0 Å². The molecule has 2 aliphatic heterocycles. The Morgan fingerprint density at radius 2 is 2.00 bits per heavy atom. The lowest BCUT2D eigenvalue weighted by atomic mass is 9.94. The molecule has 1 saturated heterocycles. The maximum absolute atomic E-state index is 13.3. The summed E-state index contributed by atoms with van der Waals surface area (Å²) in [6.45, 7) is 1.50. The molecule has 3 aromatic rings. The third kappa shape index (κ3) is 4.27. The molecular weight excluding hydrogens is 509 g/mol. The second-order valence-electron chi connectivity index (χ2n) is 9.19. The number of likely N-dealkylation sites (tertiary alicyclic amines) is 1. The van der Waals surface area contributed by atoms with Crippen LogP contribution in [0.25, 0.3) is 0 Å². The van der Waals surface area contributed by atoms with Crippen LogP contribution in [0.1, 0.15) is 41.3 Å². The molecule has 1 aliphatic carbocycles. The minimum atomic E-state index is -0.574. The van der Waals surface area contributed by atoms with E-state index in [1.807, 2.05) is 30.3 Å². The normalized spacial score (nSPS) is 21.2. The van der Waals surface area contributed by atoms with Crippen molar-refractivity contribution in [3.05, 3.63) is 68.6 Å². The number of benzene rings is 2. The summed E-state index contributed by atoms with van der Waals surface area (Å²) in [6, 6.07) is 11.1. The number of aromatic nitrogens is 1. The van der Waals surface area contributed by atoms with Crippen molar-refractivity contribution in [1.82, 2.24) is 9.88 Å². The molecule has 3 heterocycles. The van der Waals surface area contributed by atoms with Crippen molar-refractivity contribution in [3.8, 4) is 11.5 Å². The van der Waals surface area contributed by atoms with E-state index >= 15 is 0 Å². The van der Waals surface area contributed by atoms with Crippen molar-refractivity contribution in [3.63, 3.8) is 0 Å². The van der Waals surface area contributed by atoms with Crippen LogP contribution in [0, 0.1) is 0 Å². The number of anilines is 1. The predicted octanol–water partition coefficient (Wildman–Crippen LogP) is 5.00. The molecule has 7 nitrogen and oxygen atoms in total. The fourth-order valence-corrected chi connectivity index (χ4v) is 6.17. The Kier molecular flexibility index (Phi) is 5.89. The van der Waals surface area contributed by atoms with Gasteiger partial charge in [-0.2, -0.15) is 0 Å². The first-order valence-electron chi connectivity index (χ1n) is 11.5. The third-order valence-electron chi connectivity index (χ3n) is 6.94. The molecule has 1 aromatic heterocycles. The van der Waals surface area contributed by atoms with Crippen molar-refractivity contribution >= 4 is 45.6 Å². The molecule has 2 atom stereocenters. The minimum absolute atomic E-state index is 0.0695. The molecule has 2 fully saturated rings. The zero-order chi connectivity index (χ0) is 24.2. The molecule has 0 spiro atoms. The lowest BCUT2D eigenvalue weighted by Gasteiger charge is -2.27. The summed E-state index contributed by atoms with van der Waals surface area (Å²) >= 11 is 13.9. The number of nitrogens with one attached hydrogen (secondary N) is 1. The standard InChI is InChI=1S/C25H23Cl2N3O4S/c26-17-3-1-14(9-18(17)27)22(30-8-5-16(31)12-30)21-11-28-24(35-21)29-23(32)25(6-7-25)15-2-4-19-20(10-15)34-13-33-19/h1-4,9-11,16,22,31H,5-8,12-13H2,(H,28,29,32)/t16?,22-/m0/s1. The van der Waals surface area contributed by atoms with Crippen molar-refractivity contribution < 1.29 is 19.4 Å². The average Bonchev–Trinajstić information content (AvgIpc) is 3.13. The molecule has 1 amide bonds. The molecule has 1 saturated carbocycles. The van der Waals surface area contributed by atoms with E-state index in [-0.39, 0.29) is 24.8 Å². The molecular formula is C25H23Cl2N3O4S. The first kappa shape index (κ1) is 23.1. The second-order valence-corrected chi connectivity index (χ2v) is 11.1. The maximum atomic E-state index is 13.3. The first-order valence-corrected chi connectivity index (χ1v) is 13.0. The van der Waals surface area contributed by atoms with Crippen LogP contribution in [-0.2, 0) is 10.2 Å². The Hall–Kier alpha value is -2.36. The molecule has 35 heavy (non-hydrogen) atoms. The number of rotatable bonds is 6. The number of thiazole rings is 1. The highest BCUT2D eigenvalue weighted by Crippen LogP contribution is 2.51. The summed E-state index contributed by atoms with van der Waals surface area (Å²) in [5, 5.41) is 14.7. The fourth-order valence-electron chi connectivity index (χ4n) is 4.89. The lowest BCUT2D eigenvalue weighted by molar-refractivity contribution is -0.118. The monoisotopic (exact) mass is 531 g/mol. The van der Waals surface area contributed by atoms with Crippen LogP contribution in [0.15, 0.2) is 42.6 Å². The minimum Gasteiger partial charge on any atom is -0.454 e. The first-order chi connectivity index (χ1) is 16.9. The Morgan fingerprint density at radius 3 is 2.74 bits per heavy atom. The van der Waals surface area contributed by atoms with E-state index < -0.39 is 5.41 Å². The van der Waals surface area contributed by atoms with Gasteiger partial charge in [-0.05, 0) is 54.7 Å². The van der Waals surface area contributed by atoms with Gasteiger partial charge in [0.1, 0.15) is 0 Å². The van der Waals surface area contributed by atoms with Gasteiger partial charge in [-0.25, -0.2) is 4.98 Å². The van der Waals surface area contributed by atoms with Gasteiger partial charge in [-0.15, -0.1) is 0 Å². The zero-order valence-corrected chi connectivity index (χ0v) is 21.0. The Morgan fingerprint density at radius 1 is 1.17 bits per heavy atom. The van der Waals surface area contributed by atoms with E-state index in [0.717, 1.165) is 35.4 Å². The summed E-state index contributed by atoms with van der Waals surface area (Å²) in [7, 11) is 0. The number of nitrogens with zero attached hydrogens (tertiary/aromatic N) is 2. The van der Waals surface area contributed by atoms with Gasteiger partial charge in [0, 0.05) is 24.2 Å². The van der Waals surface area contributed by atoms with Crippen molar-refractivity contribution in [2.45, 2.75) is 36.8 Å². The average molecular weight is 532 g/mol. The summed E-state index contributed by atoms with van der Waals surface area (Å²) in [5.41, 5.74) is 1.32. The number of amides is 1. The van der Waals surface area contributed by atoms with Crippen LogP contribution < -0.4 is 14.8 Å². The van der Waals surface area contributed by atoms with Gasteiger partial charge in [-0.3, -0.25) is 9.69 Å². The highest BCUT2D eigenvalue weighted by Gasteiger charge is 2.52. The van der Waals surface area contributed by atoms with E-state index in [0.29, 0.717) is 39.6 Å². The van der Waals surface area contributed by atoms with Crippen LogP contribution in [-0.4, -0.2) is 46.9 Å². The number of ether oxygens (including phenoxy) is 2. The van der Waals surface area contributed by atoms with Gasteiger partial charge in [0.2, 0.25) is 12.7 Å². The molecule has 0 radical (unpaired) electrons. The van der Waals surface area contributed by atoms with E-state index in [1.165, 1.54) is 11.3 Å². The number of carbonyl (C=O) groups excluding carboxylic acids is 1. The van der Waals surface area contributed by atoms with Gasteiger partial charge in [-0.1, -0.05) is 46.7 Å². The smallest absolute Gasteiger partial charge is 0.236 e. The largest absolute Gasteiger partial charge is 0.454 e. The summed E-state index contributed by atoms with van der Waals surface area (Å²) in [4.78, 5) is 21.0. The molecule has 2 N–H and O–H groups in total. The van der Waals surface area contributed by atoms with Crippen molar-refractivity contribution in [2.24, 2.45) is 0 Å². The third-order valence-corrected chi connectivity index (χ3v) is 8.65. The summed E-state index contributed by atoms with van der Waals surface area (Å²) in [6.07, 6.45) is 3.67. The van der Waals surface area contributed by atoms with E-state index in [4.69, 9.17) is 32.7 Å². The molecule has 10 heteroatoms. The van der Waals surface area contributed by atoms with Crippen LogP contribution in [0.4, 0.5) is 5.13 Å². The van der Waals surface area contributed by atoms with E-state index in [1.54, 1.807) is 12.3 Å². The summed E-state index contributed by atoms with van der Waals surface area (Å²) < 4.78 is 10.9. The summed E-state index contributed by atoms with van der Waals surface area (Å²) in [5.74, 6) is 1.31. The van der Waals surface area contributed by atoms with Crippen molar-refractivity contribution in [1.29, 1.82) is 0 Å². The molecule has 0 bridgehead atoms. The molecule has 3 aliphatic rings. The number of halogens is 2. The van der Waals surface area contributed by atoms with Crippen LogP contribution >= 0.6 is 34.5 Å². The fraction of sp³-hybridized carbons (Fsp3) is 0.360. The number of hydrogen-bond acceptors (Lipinski definition) is 7. The second kappa shape index (κ2) is 8.94. The predicted molar refractivity (Wildman–Crippen MR) is 135 cm³/mol. The topological polar surface area (TPSA) is 83.9 Å². The number of β-amino-alcohol motifs (C(OH)–C–C–N with tert-alkyl or cyclic N) is 1. The maximum Gasteiger partial charge on any atom is 0.236 e. The quantitative estimate of drug-likeness (QED) is 0.465. The van der Waals surface area contributed by atoms with Gasteiger partial charge in [0.15, 0.2) is 16.6 Å². The van der Waals surface area contributed by atoms with Gasteiger partial charge < -0.3 is 19.9 Å². The highest BCUT2D eigenvalue weighted by atomic mass is 35.5. The van der Waals surface area contributed by atoms with Gasteiger partial charge >= 0.3 is 0 Å². The van der Waals surface area contributed by atoms with Crippen LogP contribution in [0.2, 0.25) is 10.0 Å². The van der Waals surface area contributed by atoms with Crippen molar-refractivity contribution in [2.75, 3.05) is 25.2 Å². The number of aliphatic hydroxyl groups excluding tert-OH is 1. The molecule has 2 aromatic carbocycles. The number of carbonyl (C=O) groups is 1. The van der Waals surface area contributed by atoms with E-state index in [9.17, 15) is 9.90 Å². The SMILES string of the molecule is O=C(Nc1ncc([C@H](c2ccc(Cl)c(Cl)c2)N2CCC(O)C2)s1)C1(c2ccc3c(c2)OCO3)CC1. The molecule has 182 valence electrons. The van der Waals surface area contributed by atoms with Crippen LogP contribution in [0.5, 0.6) is 11.5 Å².